The summed E-state index contributed by atoms with van der Waals surface area (Å²) in [5, 5.41) is 9.97. The largest absolute Gasteiger partial charge is 0.478 e. The van der Waals surface area contributed by atoms with E-state index in [1.807, 2.05) is 0 Å². The summed E-state index contributed by atoms with van der Waals surface area (Å²) < 4.78 is 10.8. The van der Waals surface area contributed by atoms with Crippen LogP contribution in [0.1, 0.15) is 15.9 Å². The van der Waals surface area contributed by atoms with Crippen molar-refractivity contribution >= 4 is 16.9 Å². The van der Waals surface area contributed by atoms with Crippen LogP contribution in [-0.2, 0) is 11.3 Å². The van der Waals surface area contributed by atoms with E-state index in [9.17, 15) is 9.90 Å². The molecule has 2 heterocycles. The molecule has 1 saturated heterocycles. The molecule has 100 valence electrons. The smallest absolute Gasteiger partial charge is 0.336 e. The van der Waals surface area contributed by atoms with Crippen molar-refractivity contribution in [1.82, 2.24) is 4.90 Å². The maximum Gasteiger partial charge on any atom is 0.336 e. The molecule has 1 aromatic heterocycles. The Labute approximate surface area is 110 Å². The summed E-state index contributed by atoms with van der Waals surface area (Å²) in [7, 11) is 0. The number of rotatable bonds is 3. The van der Waals surface area contributed by atoms with Gasteiger partial charge in [0.05, 0.1) is 25.0 Å². The zero-order chi connectivity index (χ0) is 13.2. The Kier molecular flexibility index (Phi) is 3.23. The molecule has 19 heavy (non-hydrogen) atoms. The van der Waals surface area contributed by atoms with Gasteiger partial charge in [0.15, 0.2) is 0 Å². The monoisotopic (exact) mass is 261 g/mol. The molecule has 2 aromatic rings. The van der Waals surface area contributed by atoms with E-state index in [4.69, 9.17) is 9.15 Å². The van der Waals surface area contributed by atoms with Gasteiger partial charge in [-0.3, -0.25) is 4.90 Å². The second-order valence-electron chi connectivity index (χ2n) is 4.63. The van der Waals surface area contributed by atoms with Gasteiger partial charge in [0, 0.05) is 30.6 Å². The molecule has 1 fully saturated rings. The Morgan fingerprint density at radius 3 is 2.84 bits per heavy atom. The highest BCUT2D eigenvalue weighted by atomic mass is 16.5. The molecule has 0 amide bonds. The Bertz CT molecular complexity index is 599. The van der Waals surface area contributed by atoms with E-state index in [1.165, 1.54) is 0 Å². The average Bonchev–Trinajstić information content (AvgIpc) is 2.83. The molecule has 0 atom stereocenters. The lowest BCUT2D eigenvalue weighted by atomic mass is 10.1. The van der Waals surface area contributed by atoms with Crippen molar-refractivity contribution in [3.05, 3.63) is 35.6 Å². The third-order valence-corrected chi connectivity index (χ3v) is 3.40. The first-order chi connectivity index (χ1) is 9.25. The topological polar surface area (TPSA) is 62.9 Å². The van der Waals surface area contributed by atoms with E-state index >= 15 is 0 Å². The van der Waals surface area contributed by atoms with Crippen LogP contribution in [0.2, 0.25) is 0 Å². The highest BCUT2D eigenvalue weighted by molar-refractivity contribution is 6.03. The molecular weight excluding hydrogens is 246 g/mol. The van der Waals surface area contributed by atoms with Gasteiger partial charge in [0.1, 0.15) is 5.58 Å². The molecule has 1 aromatic carbocycles. The van der Waals surface area contributed by atoms with Crippen LogP contribution >= 0.6 is 0 Å². The van der Waals surface area contributed by atoms with E-state index in [-0.39, 0.29) is 0 Å². The van der Waals surface area contributed by atoms with Gasteiger partial charge < -0.3 is 14.3 Å². The Morgan fingerprint density at radius 2 is 2.11 bits per heavy atom. The van der Waals surface area contributed by atoms with Crippen LogP contribution in [0.3, 0.4) is 0 Å². The summed E-state index contributed by atoms with van der Waals surface area (Å²) in [5.41, 5.74) is 1.85. The zero-order valence-electron chi connectivity index (χ0n) is 10.5. The number of carboxylic acids is 1. The van der Waals surface area contributed by atoms with E-state index in [2.05, 4.69) is 4.90 Å². The van der Waals surface area contributed by atoms with Crippen molar-refractivity contribution in [3.63, 3.8) is 0 Å². The maximum absolute atomic E-state index is 11.3. The van der Waals surface area contributed by atoms with Crippen molar-refractivity contribution < 1.29 is 19.1 Å². The van der Waals surface area contributed by atoms with Gasteiger partial charge in [-0.2, -0.15) is 0 Å². The van der Waals surface area contributed by atoms with E-state index < -0.39 is 5.97 Å². The first-order valence-electron chi connectivity index (χ1n) is 6.28. The third-order valence-electron chi connectivity index (χ3n) is 3.40. The minimum absolute atomic E-state index is 0.300. The van der Waals surface area contributed by atoms with Crippen molar-refractivity contribution in [2.45, 2.75) is 6.54 Å². The van der Waals surface area contributed by atoms with Gasteiger partial charge in [-0.25, -0.2) is 4.79 Å². The fourth-order valence-electron chi connectivity index (χ4n) is 2.45. The molecule has 0 aliphatic carbocycles. The molecule has 1 N–H and O–H groups in total. The Hall–Kier alpha value is -1.85. The van der Waals surface area contributed by atoms with Crippen LogP contribution in [0.5, 0.6) is 0 Å². The van der Waals surface area contributed by atoms with Crippen molar-refractivity contribution in [1.29, 1.82) is 0 Å². The third kappa shape index (κ3) is 2.34. The van der Waals surface area contributed by atoms with Gasteiger partial charge in [-0.15, -0.1) is 0 Å². The number of hydrogen-bond acceptors (Lipinski definition) is 4. The fraction of sp³-hybridized carbons (Fsp3) is 0.357. The van der Waals surface area contributed by atoms with Gasteiger partial charge in [-0.05, 0) is 12.1 Å². The molecule has 0 bridgehead atoms. The van der Waals surface area contributed by atoms with Gasteiger partial charge >= 0.3 is 5.97 Å². The average molecular weight is 261 g/mol. The second kappa shape index (κ2) is 5.03. The van der Waals surface area contributed by atoms with Crippen LogP contribution in [0, 0.1) is 0 Å². The van der Waals surface area contributed by atoms with Crippen molar-refractivity contribution in [2.24, 2.45) is 0 Å². The molecule has 0 radical (unpaired) electrons. The predicted octanol–water partition coefficient (Wildman–Crippen LogP) is 1.96. The van der Waals surface area contributed by atoms with Gasteiger partial charge in [-0.1, -0.05) is 6.07 Å². The SMILES string of the molecule is O=C(O)c1cccc2occ(CN3CCOCC3)c12. The number of fused-ring (bicyclic) bond motifs is 1. The number of hydrogen-bond donors (Lipinski definition) is 1. The number of furan rings is 1. The molecule has 1 aliphatic rings. The first-order valence-corrected chi connectivity index (χ1v) is 6.28. The number of morpholine rings is 1. The normalized spacial score (nSPS) is 16.8. The van der Waals surface area contributed by atoms with Crippen LogP contribution < -0.4 is 0 Å². The first kappa shape index (κ1) is 12.2. The summed E-state index contributed by atoms with van der Waals surface area (Å²) in [6.07, 6.45) is 1.66. The zero-order valence-corrected chi connectivity index (χ0v) is 10.5. The minimum atomic E-state index is -0.921. The van der Waals surface area contributed by atoms with E-state index in [1.54, 1.807) is 24.5 Å². The predicted molar refractivity (Wildman–Crippen MR) is 69.3 cm³/mol. The Morgan fingerprint density at radius 1 is 1.32 bits per heavy atom. The van der Waals surface area contributed by atoms with Crippen molar-refractivity contribution in [2.75, 3.05) is 26.3 Å². The lowest BCUT2D eigenvalue weighted by molar-refractivity contribution is 0.0342. The minimum Gasteiger partial charge on any atom is -0.478 e. The number of aromatic carboxylic acids is 1. The second-order valence-corrected chi connectivity index (χ2v) is 4.63. The lowest BCUT2D eigenvalue weighted by Crippen LogP contribution is -2.35. The molecule has 0 unspecified atom stereocenters. The van der Waals surface area contributed by atoms with Gasteiger partial charge in [0.2, 0.25) is 0 Å². The van der Waals surface area contributed by atoms with E-state index in [0.29, 0.717) is 23.1 Å². The summed E-state index contributed by atoms with van der Waals surface area (Å²) in [4.78, 5) is 13.5. The number of nitrogens with zero attached hydrogens (tertiary/aromatic N) is 1. The molecule has 5 nitrogen and oxygen atoms in total. The number of ether oxygens (including phenoxy) is 1. The quantitative estimate of drug-likeness (QED) is 0.915. The number of carboxylic acid groups (broad SMARTS) is 1. The number of carbonyl (C=O) groups is 1. The summed E-state index contributed by atoms with van der Waals surface area (Å²) in [5.74, 6) is -0.921. The Balaban J connectivity index is 1.96. The molecule has 5 heteroatoms. The number of benzene rings is 1. The highest BCUT2D eigenvalue weighted by Gasteiger charge is 2.18. The lowest BCUT2D eigenvalue weighted by Gasteiger charge is -2.26. The molecule has 1 aliphatic heterocycles. The van der Waals surface area contributed by atoms with E-state index in [0.717, 1.165) is 31.9 Å². The van der Waals surface area contributed by atoms with Crippen LogP contribution in [0.15, 0.2) is 28.9 Å². The van der Waals surface area contributed by atoms with Crippen LogP contribution in [0.4, 0.5) is 0 Å². The molecular formula is C14H15NO4. The van der Waals surface area contributed by atoms with Crippen molar-refractivity contribution in [3.8, 4) is 0 Å². The highest BCUT2D eigenvalue weighted by Crippen LogP contribution is 2.26. The molecule has 0 spiro atoms. The van der Waals surface area contributed by atoms with Gasteiger partial charge in [0.25, 0.3) is 0 Å². The maximum atomic E-state index is 11.3. The molecule has 0 saturated carbocycles. The summed E-state index contributed by atoms with van der Waals surface area (Å²) in [6.45, 7) is 3.87. The summed E-state index contributed by atoms with van der Waals surface area (Å²) >= 11 is 0. The van der Waals surface area contributed by atoms with Crippen LogP contribution in [-0.4, -0.2) is 42.3 Å². The summed E-state index contributed by atoms with van der Waals surface area (Å²) in [6, 6.07) is 5.11. The van der Waals surface area contributed by atoms with Crippen LogP contribution in [0.25, 0.3) is 11.0 Å². The fourth-order valence-corrected chi connectivity index (χ4v) is 2.45. The molecule has 3 rings (SSSR count). The standard InChI is InChI=1S/C14H15NO4/c16-14(17)11-2-1-3-12-13(11)10(9-19-12)8-15-4-6-18-7-5-15/h1-3,9H,4-8H2,(H,16,17).